The second-order valence-electron chi connectivity index (χ2n) is 8.91. The van der Waals surface area contributed by atoms with E-state index in [9.17, 15) is 4.79 Å². The first kappa shape index (κ1) is 23.4. The van der Waals surface area contributed by atoms with E-state index in [0.717, 1.165) is 34.7 Å². The number of carbonyl (C=O) groups excluding carboxylic acids is 1. The summed E-state index contributed by atoms with van der Waals surface area (Å²) < 4.78 is 10.7. The van der Waals surface area contributed by atoms with Gasteiger partial charge in [0, 0.05) is 23.5 Å². The van der Waals surface area contributed by atoms with Crippen molar-refractivity contribution in [3.05, 3.63) is 121 Å². The fourth-order valence-corrected chi connectivity index (χ4v) is 4.79. The molecule has 1 amide bonds. The Bertz CT molecular complexity index is 1300. The number of hydrogen-bond acceptors (Lipinski definition) is 4. The van der Waals surface area contributed by atoms with Gasteiger partial charge in [-0.05, 0) is 83.1 Å². The van der Waals surface area contributed by atoms with Crippen molar-refractivity contribution in [2.75, 3.05) is 19.5 Å². The molecule has 3 aromatic carbocycles. The van der Waals surface area contributed by atoms with Gasteiger partial charge in [0.15, 0.2) is 0 Å². The molecule has 4 aromatic rings. The highest BCUT2D eigenvalue weighted by Crippen LogP contribution is 2.59. The van der Waals surface area contributed by atoms with Crippen LogP contribution >= 0.6 is 0 Å². The highest BCUT2D eigenvalue weighted by atomic mass is 16.5. The summed E-state index contributed by atoms with van der Waals surface area (Å²) in [6.45, 7) is 0. The maximum Gasteiger partial charge on any atom is 0.248 e. The number of anilines is 1. The van der Waals surface area contributed by atoms with E-state index in [-0.39, 0.29) is 17.2 Å². The largest absolute Gasteiger partial charge is 0.497 e. The standard InChI is InChI=1S/C31H28N2O3/c1-35-28-14-7-24(8-15-28)31(25-9-16-29(36-2)17-10-25)20-26(31)11-18-30(34)33-27-12-5-22(6-13-27)23-4-3-19-32-21-23/h3-19,21,26H,20H2,1-2H3,(H,33,34)/t26-/m1/s1. The highest BCUT2D eigenvalue weighted by Gasteiger charge is 2.55. The van der Waals surface area contributed by atoms with E-state index in [1.165, 1.54) is 11.1 Å². The monoisotopic (exact) mass is 476 g/mol. The molecule has 0 spiro atoms. The van der Waals surface area contributed by atoms with Crippen molar-refractivity contribution in [1.29, 1.82) is 0 Å². The Morgan fingerprint density at radius 3 is 2.00 bits per heavy atom. The summed E-state index contributed by atoms with van der Waals surface area (Å²) in [7, 11) is 3.34. The molecule has 0 aliphatic heterocycles. The fraction of sp³-hybridized carbons (Fsp3) is 0.161. The predicted octanol–water partition coefficient (Wildman–Crippen LogP) is 6.27. The molecule has 1 aliphatic carbocycles. The molecule has 0 radical (unpaired) electrons. The molecule has 1 fully saturated rings. The lowest BCUT2D eigenvalue weighted by Gasteiger charge is -2.19. The Labute approximate surface area is 211 Å². The van der Waals surface area contributed by atoms with E-state index in [0.29, 0.717) is 0 Å². The molecule has 1 saturated carbocycles. The van der Waals surface area contributed by atoms with Gasteiger partial charge < -0.3 is 14.8 Å². The highest BCUT2D eigenvalue weighted by molar-refractivity contribution is 5.99. The van der Waals surface area contributed by atoms with E-state index in [2.05, 4.69) is 34.6 Å². The summed E-state index contributed by atoms with van der Waals surface area (Å²) >= 11 is 0. The van der Waals surface area contributed by atoms with Crippen molar-refractivity contribution in [3.63, 3.8) is 0 Å². The number of nitrogens with one attached hydrogen (secondary N) is 1. The van der Waals surface area contributed by atoms with Crippen molar-refractivity contribution < 1.29 is 14.3 Å². The van der Waals surface area contributed by atoms with Crippen molar-refractivity contribution in [1.82, 2.24) is 4.98 Å². The number of carbonyl (C=O) groups is 1. The Kier molecular flexibility index (Phi) is 6.54. The minimum atomic E-state index is -0.180. The zero-order chi connectivity index (χ0) is 25.0. The first-order chi connectivity index (χ1) is 17.6. The van der Waals surface area contributed by atoms with Crippen molar-refractivity contribution in [2.45, 2.75) is 11.8 Å². The van der Waals surface area contributed by atoms with Crippen LogP contribution in [0.3, 0.4) is 0 Å². The zero-order valence-corrected chi connectivity index (χ0v) is 20.3. The van der Waals surface area contributed by atoms with Gasteiger partial charge in [-0.25, -0.2) is 0 Å². The number of ether oxygens (including phenoxy) is 2. The smallest absolute Gasteiger partial charge is 0.248 e. The number of benzene rings is 3. The van der Waals surface area contributed by atoms with E-state index >= 15 is 0 Å². The number of aromatic nitrogens is 1. The molecule has 0 unspecified atom stereocenters. The number of hydrogen-bond donors (Lipinski definition) is 1. The number of allylic oxidation sites excluding steroid dienone is 1. The van der Waals surface area contributed by atoms with E-state index < -0.39 is 0 Å². The van der Waals surface area contributed by atoms with Crippen LogP contribution in [0.2, 0.25) is 0 Å². The summed E-state index contributed by atoms with van der Waals surface area (Å²) in [4.78, 5) is 16.9. The Hall–Kier alpha value is -4.38. The van der Waals surface area contributed by atoms with Gasteiger partial charge in [0.25, 0.3) is 0 Å². The molecule has 1 N–H and O–H groups in total. The predicted molar refractivity (Wildman–Crippen MR) is 142 cm³/mol. The first-order valence-electron chi connectivity index (χ1n) is 11.9. The molecule has 5 nitrogen and oxygen atoms in total. The van der Waals surface area contributed by atoms with Crippen LogP contribution in [-0.4, -0.2) is 25.1 Å². The van der Waals surface area contributed by atoms with Crippen LogP contribution in [0.25, 0.3) is 11.1 Å². The molecule has 1 aromatic heterocycles. The third kappa shape index (κ3) is 4.73. The molecular formula is C31H28N2O3. The summed E-state index contributed by atoms with van der Waals surface area (Å²) in [6.07, 6.45) is 8.17. The van der Waals surface area contributed by atoms with Crippen LogP contribution in [-0.2, 0) is 10.2 Å². The minimum Gasteiger partial charge on any atom is -0.497 e. The lowest BCUT2D eigenvalue weighted by atomic mass is 9.85. The molecule has 0 bridgehead atoms. The average Bonchev–Trinajstić information content (AvgIpc) is 3.68. The lowest BCUT2D eigenvalue weighted by molar-refractivity contribution is -0.111. The third-order valence-corrected chi connectivity index (χ3v) is 6.85. The van der Waals surface area contributed by atoms with E-state index in [1.54, 1.807) is 26.5 Å². The van der Waals surface area contributed by atoms with Crippen LogP contribution in [0, 0.1) is 5.92 Å². The van der Waals surface area contributed by atoms with Crippen LogP contribution in [0.4, 0.5) is 5.69 Å². The van der Waals surface area contributed by atoms with Crippen LogP contribution in [0.5, 0.6) is 11.5 Å². The number of nitrogens with zero attached hydrogens (tertiary/aromatic N) is 1. The zero-order valence-electron chi connectivity index (χ0n) is 20.3. The van der Waals surface area contributed by atoms with E-state index in [1.807, 2.05) is 72.9 Å². The first-order valence-corrected chi connectivity index (χ1v) is 11.9. The Morgan fingerprint density at radius 2 is 1.47 bits per heavy atom. The molecule has 1 atom stereocenters. The van der Waals surface area contributed by atoms with Gasteiger partial charge in [0.1, 0.15) is 11.5 Å². The molecule has 1 aliphatic rings. The van der Waals surface area contributed by atoms with E-state index in [4.69, 9.17) is 9.47 Å². The minimum absolute atomic E-state index is 0.144. The fourth-order valence-electron chi connectivity index (χ4n) is 4.79. The molecule has 36 heavy (non-hydrogen) atoms. The maximum absolute atomic E-state index is 12.7. The molecular weight excluding hydrogens is 448 g/mol. The van der Waals surface area contributed by atoms with Crippen molar-refractivity contribution in [2.24, 2.45) is 5.92 Å². The normalized spacial score (nSPS) is 15.9. The second-order valence-corrected chi connectivity index (χ2v) is 8.91. The Morgan fingerprint density at radius 1 is 0.861 bits per heavy atom. The number of amides is 1. The van der Waals surface area contributed by atoms with Gasteiger partial charge in [-0.3, -0.25) is 9.78 Å². The van der Waals surface area contributed by atoms with Crippen LogP contribution < -0.4 is 14.8 Å². The molecule has 0 saturated heterocycles. The maximum atomic E-state index is 12.7. The van der Waals surface area contributed by atoms with Gasteiger partial charge in [-0.1, -0.05) is 48.5 Å². The SMILES string of the molecule is COc1ccc(C2(c3ccc(OC)cc3)C[C@H]2C=CC(=O)Nc2ccc(-c3cccnc3)cc2)cc1. The Balaban J connectivity index is 1.31. The second kappa shape index (κ2) is 10.1. The summed E-state index contributed by atoms with van der Waals surface area (Å²) in [6, 6.07) is 28.1. The molecule has 5 rings (SSSR count). The van der Waals surface area contributed by atoms with Gasteiger partial charge in [-0.2, -0.15) is 0 Å². The third-order valence-electron chi connectivity index (χ3n) is 6.85. The summed E-state index contributed by atoms with van der Waals surface area (Å²) in [5.74, 6) is 1.71. The number of methoxy groups -OCH3 is 2. The van der Waals surface area contributed by atoms with Crippen molar-refractivity contribution in [3.8, 4) is 22.6 Å². The average molecular weight is 477 g/mol. The number of pyridine rings is 1. The quantitative estimate of drug-likeness (QED) is 0.305. The van der Waals surface area contributed by atoms with Gasteiger partial charge in [-0.15, -0.1) is 0 Å². The lowest BCUT2D eigenvalue weighted by Crippen LogP contribution is -2.12. The topological polar surface area (TPSA) is 60.5 Å². The van der Waals surface area contributed by atoms with Gasteiger partial charge >= 0.3 is 0 Å². The molecule has 5 heteroatoms. The summed E-state index contributed by atoms with van der Waals surface area (Å²) in [5.41, 5.74) is 5.07. The van der Waals surface area contributed by atoms with Gasteiger partial charge in [0.2, 0.25) is 5.91 Å². The van der Waals surface area contributed by atoms with Crippen LogP contribution in [0.1, 0.15) is 17.5 Å². The molecule has 180 valence electrons. The number of rotatable bonds is 8. The molecule has 1 heterocycles. The van der Waals surface area contributed by atoms with Crippen molar-refractivity contribution >= 4 is 11.6 Å². The van der Waals surface area contributed by atoms with Crippen LogP contribution in [0.15, 0.2) is 109 Å². The van der Waals surface area contributed by atoms with Gasteiger partial charge in [0.05, 0.1) is 14.2 Å². The summed E-state index contributed by atoms with van der Waals surface area (Å²) in [5, 5.41) is 2.97.